The summed E-state index contributed by atoms with van der Waals surface area (Å²) in [6.07, 6.45) is 0.00291. The van der Waals surface area contributed by atoms with E-state index in [4.69, 9.17) is 15.2 Å². The molecule has 0 aliphatic carbocycles. The van der Waals surface area contributed by atoms with Crippen LogP contribution in [0.2, 0.25) is 0 Å². The van der Waals surface area contributed by atoms with Crippen molar-refractivity contribution in [1.82, 2.24) is 9.55 Å². The molecule has 1 heterocycles. The number of benzene rings is 2. The minimum absolute atomic E-state index is 0.00291. The summed E-state index contributed by atoms with van der Waals surface area (Å²) in [5.74, 6) is 0.845. The number of methoxy groups -OCH3 is 1. The lowest BCUT2D eigenvalue weighted by molar-refractivity contribution is 0.186. The molecule has 8 nitrogen and oxygen atoms in total. The number of hydrogen-bond donors (Lipinski definition) is 2. The molecule has 0 fully saturated rings. The smallest absolute Gasteiger partial charge is 0.330 e. The van der Waals surface area contributed by atoms with Crippen LogP contribution >= 0.6 is 0 Å². The standard InChI is InChI=1S/C24H30N4O4/c1-17(2)32-20-12-8-7-11-19(20)16-27(15-18-9-5-4-6-10-18)21-22(25)28(13-14-31-3)24(30)26-23(21)29/h4-12,17H,13-16,25H2,1-3H3,(H,26,29,30). The van der Waals surface area contributed by atoms with Crippen molar-refractivity contribution in [2.75, 3.05) is 24.4 Å². The van der Waals surface area contributed by atoms with Crippen LogP contribution in [0.4, 0.5) is 11.5 Å². The maximum Gasteiger partial charge on any atom is 0.330 e. The second kappa shape index (κ2) is 10.7. The van der Waals surface area contributed by atoms with Crippen LogP contribution in [0.3, 0.4) is 0 Å². The lowest BCUT2D eigenvalue weighted by Crippen LogP contribution is -2.38. The van der Waals surface area contributed by atoms with Gasteiger partial charge in [0.25, 0.3) is 5.56 Å². The van der Waals surface area contributed by atoms with Gasteiger partial charge in [-0.05, 0) is 25.5 Å². The van der Waals surface area contributed by atoms with Crippen LogP contribution in [-0.4, -0.2) is 29.4 Å². The molecule has 170 valence electrons. The van der Waals surface area contributed by atoms with Crippen molar-refractivity contribution in [3.8, 4) is 5.75 Å². The van der Waals surface area contributed by atoms with Crippen LogP contribution in [0.25, 0.3) is 0 Å². The molecule has 0 aliphatic heterocycles. The van der Waals surface area contributed by atoms with Crippen LogP contribution < -0.4 is 26.6 Å². The van der Waals surface area contributed by atoms with E-state index in [-0.39, 0.29) is 24.2 Å². The van der Waals surface area contributed by atoms with Crippen LogP contribution in [0.15, 0.2) is 64.2 Å². The fourth-order valence-electron chi connectivity index (χ4n) is 3.51. The van der Waals surface area contributed by atoms with E-state index < -0.39 is 11.2 Å². The third-order valence-electron chi connectivity index (χ3n) is 4.96. The highest BCUT2D eigenvalue weighted by Crippen LogP contribution is 2.26. The Morgan fingerprint density at radius 3 is 2.41 bits per heavy atom. The molecule has 0 aliphatic rings. The Hall–Kier alpha value is -3.52. The number of nitrogens with zero attached hydrogens (tertiary/aromatic N) is 2. The van der Waals surface area contributed by atoms with E-state index in [1.807, 2.05) is 73.3 Å². The Kier molecular flexibility index (Phi) is 7.72. The summed E-state index contributed by atoms with van der Waals surface area (Å²) in [6.45, 7) is 5.25. The first-order chi connectivity index (χ1) is 15.4. The number of nitrogens with one attached hydrogen (secondary N) is 1. The predicted molar refractivity (Wildman–Crippen MR) is 126 cm³/mol. The maximum absolute atomic E-state index is 12.9. The van der Waals surface area contributed by atoms with Gasteiger partial charge in [0.1, 0.15) is 17.3 Å². The SMILES string of the molecule is COCCn1c(N)c(N(Cc2ccccc2)Cc2ccccc2OC(C)C)c(=O)[nH]c1=O. The molecular weight excluding hydrogens is 408 g/mol. The Morgan fingerprint density at radius 2 is 1.72 bits per heavy atom. The number of nitrogens with two attached hydrogens (primary N) is 1. The molecule has 8 heteroatoms. The van der Waals surface area contributed by atoms with Crippen LogP contribution in [0, 0.1) is 0 Å². The van der Waals surface area contributed by atoms with Gasteiger partial charge < -0.3 is 20.1 Å². The molecule has 0 saturated heterocycles. The molecule has 0 saturated carbocycles. The van der Waals surface area contributed by atoms with Crippen molar-refractivity contribution >= 4 is 11.5 Å². The van der Waals surface area contributed by atoms with Gasteiger partial charge in [0.2, 0.25) is 0 Å². The topological polar surface area (TPSA) is 103 Å². The van der Waals surface area contributed by atoms with Crippen LogP contribution in [-0.2, 0) is 24.4 Å². The predicted octanol–water partition coefficient (Wildman–Crippen LogP) is 2.76. The highest BCUT2D eigenvalue weighted by atomic mass is 16.5. The molecule has 0 spiro atoms. The molecule has 3 rings (SSSR count). The molecule has 0 atom stereocenters. The fraction of sp³-hybridized carbons (Fsp3) is 0.333. The number of nitrogen functional groups attached to an aromatic ring is 1. The first-order valence-corrected chi connectivity index (χ1v) is 10.6. The molecular formula is C24H30N4O4. The van der Waals surface area contributed by atoms with Crippen molar-refractivity contribution in [1.29, 1.82) is 0 Å². The molecule has 0 radical (unpaired) electrons. The quantitative estimate of drug-likeness (QED) is 0.505. The van der Waals surface area contributed by atoms with Gasteiger partial charge in [0.05, 0.1) is 19.3 Å². The molecule has 0 unspecified atom stereocenters. The second-order valence-corrected chi connectivity index (χ2v) is 7.75. The van der Waals surface area contributed by atoms with Gasteiger partial charge in [-0.25, -0.2) is 4.79 Å². The van der Waals surface area contributed by atoms with Gasteiger partial charge in [0, 0.05) is 25.8 Å². The van der Waals surface area contributed by atoms with Gasteiger partial charge in [-0.1, -0.05) is 48.5 Å². The zero-order valence-electron chi connectivity index (χ0n) is 18.7. The molecule has 2 aromatic carbocycles. The van der Waals surface area contributed by atoms with Crippen molar-refractivity contribution < 1.29 is 9.47 Å². The van der Waals surface area contributed by atoms with Crippen molar-refractivity contribution in [2.45, 2.75) is 39.6 Å². The van der Waals surface area contributed by atoms with E-state index in [9.17, 15) is 9.59 Å². The summed E-state index contributed by atoms with van der Waals surface area (Å²) in [5.41, 5.74) is 7.43. The number of hydrogen-bond acceptors (Lipinski definition) is 6. The van der Waals surface area contributed by atoms with Gasteiger partial charge in [-0.3, -0.25) is 14.3 Å². The number of aromatic amines is 1. The Bertz CT molecular complexity index is 1140. The number of aromatic nitrogens is 2. The number of para-hydroxylation sites is 1. The largest absolute Gasteiger partial charge is 0.491 e. The first kappa shape index (κ1) is 23.1. The molecule has 0 bridgehead atoms. The minimum Gasteiger partial charge on any atom is -0.491 e. The van der Waals surface area contributed by atoms with E-state index in [0.717, 1.165) is 16.9 Å². The summed E-state index contributed by atoms with van der Waals surface area (Å²) >= 11 is 0. The highest BCUT2D eigenvalue weighted by Gasteiger charge is 2.21. The van der Waals surface area contributed by atoms with E-state index in [1.165, 1.54) is 4.57 Å². The van der Waals surface area contributed by atoms with Crippen molar-refractivity contribution in [3.63, 3.8) is 0 Å². The number of ether oxygens (including phenoxy) is 2. The molecule has 1 aromatic heterocycles. The van der Waals surface area contributed by atoms with E-state index in [2.05, 4.69) is 4.98 Å². The van der Waals surface area contributed by atoms with E-state index in [1.54, 1.807) is 7.11 Å². The zero-order valence-corrected chi connectivity index (χ0v) is 18.7. The second-order valence-electron chi connectivity index (χ2n) is 7.75. The van der Waals surface area contributed by atoms with Gasteiger partial charge in [0.15, 0.2) is 0 Å². The van der Waals surface area contributed by atoms with Crippen LogP contribution in [0.1, 0.15) is 25.0 Å². The highest BCUT2D eigenvalue weighted by molar-refractivity contribution is 5.63. The molecule has 32 heavy (non-hydrogen) atoms. The molecule has 3 N–H and O–H groups in total. The van der Waals surface area contributed by atoms with Crippen molar-refractivity contribution in [2.24, 2.45) is 0 Å². The third-order valence-corrected chi connectivity index (χ3v) is 4.96. The fourth-order valence-corrected chi connectivity index (χ4v) is 3.51. The van der Waals surface area contributed by atoms with Gasteiger partial charge in [-0.15, -0.1) is 0 Å². The number of H-pyrrole nitrogens is 1. The molecule has 3 aromatic rings. The average Bonchev–Trinajstić information content (AvgIpc) is 2.75. The number of rotatable bonds is 10. The van der Waals surface area contributed by atoms with Gasteiger partial charge in [-0.2, -0.15) is 0 Å². The van der Waals surface area contributed by atoms with Crippen molar-refractivity contribution in [3.05, 3.63) is 86.6 Å². The van der Waals surface area contributed by atoms with E-state index >= 15 is 0 Å². The summed E-state index contributed by atoms with van der Waals surface area (Å²) in [6, 6.07) is 17.5. The lowest BCUT2D eigenvalue weighted by atomic mass is 10.1. The minimum atomic E-state index is -0.559. The van der Waals surface area contributed by atoms with E-state index in [0.29, 0.717) is 19.7 Å². The zero-order chi connectivity index (χ0) is 23.1. The Balaban J connectivity index is 2.09. The normalized spacial score (nSPS) is 11.0. The Morgan fingerprint density at radius 1 is 1.03 bits per heavy atom. The molecule has 0 amide bonds. The van der Waals surface area contributed by atoms with Gasteiger partial charge >= 0.3 is 5.69 Å². The lowest BCUT2D eigenvalue weighted by Gasteiger charge is -2.27. The maximum atomic E-state index is 12.9. The van der Waals surface area contributed by atoms with Crippen LogP contribution in [0.5, 0.6) is 5.75 Å². The summed E-state index contributed by atoms with van der Waals surface area (Å²) in [7, 11) is 1.54. The summed E-state index contributed by atoms with van der Waals surface area (Å²) < 4.78 is 12.4. The summed E-state index contributed by atoms with van der Waals surface area (Å²) in [5, 5.41) is 0. The third kappa shape index (κ3) is 5.59. The number of anilines is 2. The summed E-state index contributed by atoms with van der Waals surface area (Å²) in [4.78, 5) is 29.6. The first-order valence-electron chi connectivity index (χ1n) is 10.6. The average molecular weight is 439 g/mol. The monoisotopic (exact) mass is 438 g/mol. The Labute approximate surface area is 187 Å².